The number of likely N-dealkylation sites (N-methyl/N-ethyl adjacent to an activating group) is 1. The molecule has 0 saturated carbocycles. The summed E-state index contributed by atoms with van der Waals surface area (Å²) in [7, 11) is 1.50. The van der Waals surface area contributed by atoms with Crippen molar-refractivity contribution >= 4 is 35.0 Å². The molecule has 2 aromatic carbocycles. The second-order valence-electron chi connectivity index (χ2n) is 6.26. The Morgan fingerprint density at radius 1 is 1.04 bits per heavy atom. The van der Waals surface area contributed by atoms with E-state index in [2.05, 4.69) is 10.6 Å². The Hall–Kier alpha value is -2.86. The van der Waals surface area contributed by atoms with Crippen LogP contribution in [0.3, 0.4) is 0 Å². The topological polar surface area (TPSA) is 78.5 Å². The number of para-hydroxylation sites is 1. The van der Waals surface area contributed by atoms with Crippen LogP contribution in [0.1, 0.15) is 21.5 Å². The molecule has 0 heterocycles. The number of nitrogens with zero attached hydrogens (tertiary/aromatic N) is 1. The average molecular weight is 388 g/mol. The van der Waals surface area contributed by atoms with Gasteiger partial charge in [0.25, 0.3) is 5.91 Å². The Kier molecular flexibility index (Phi) is 6.96. The number of hydrogen-bond acceptors (Lipinski definition) is 3. The van der Waals surface area contributed by atoms with Crippen LogP contribution >= 0.6 is 11.6 Å². The van der Waals surface area contributed by atoms with Crippen molar-refractivity contribution < 1.29 is 14.4 Å². The zero-order valence-electron chi connectivity index (χ0n) is 15.5. The van der Waals surface area contributed by atoms with Crippen LogP contribution in [-0.4, -0.2) is 42.8 Å². The molecule has 0 spiro atoms. The van der Waals surface area contributed by atoms with E-state index in [9.17, 15) is 14.4 Å². The van der Waals surface area contributed by atoms with Crippen molar-refractivity contribution in [2.45, 2.75) is 13.8 Å². The molecule has 142 valence electrons. The highest BCUT2D eigenvalue weighted by Crippen LogP contribution is 2.20. The van der Waals surface area contributed by atoms with E-state index in [1.54, 1.807) is 36.4 Å². The standard InChI is InChI=1S/C20H22ClN3O3/c1-13-8-9-15(10-14(13)2)20(27)22-11-19(26)24(3)12-18(25)23-17-7-5-4-6-16(17)21/h4-10H,11-12H2,1-3H3,(H,22,27)(H,23,25). The maximum Gasteiger partial charge on any atom is 0.251 e. The van der Waals surface area contributed by atoms with E-state index in [4.69, 9.17) is 11.6 Å². The average Bonchev–Trinajstić information content (AvgIpc) is 2.63. The fourth-order valence-electron chi connectivity index (χ4n) is 2.33. The Labute approximate surface area is 163 Å². The Bertz CT molecular complexity index is 867. The predicted molar refractivity (Wildman–Crippen MR) is 106 cm³/mol. The highest BCUT2D eigenvalue weighted by Gasteiger charge is 2.15. The summed E-state index contributed by atoms with van der Waals surface area (Å²) >= 11 is 5.99. The molecule has 6 nitrogen and oxygen atoms in total. The molecule has 2 aromatic rings. The van der Waals surface area contributed by atoms with Crippen molar-refractivity contribution in [1.29, 1.82) is 0 Å². The van der Waals surface area contributed by atoms with Gasteiger partial charge in [0.15, 0.2) is 0 Å². The number of amides is 3. The molecule has 0 aliphatic carbocycles. The zero-order chi connectivity index (χ0) is 20.0. The van der Waals surface area contributed by atoms with E-state index in [1.807, 2.05) is 19.9 Å². The number of aryl methyl sites for hydroxylation is 2. The number of nitrogens with one attached hydrogen (secondary N) is 2. The molecule has 0 aliphatic rings. The SMILES string of the molecule is Cc1ccc(C(=O)NCC(=O)N(C)CC(=O)Nc2ccccc2Cl)cc1C. The smallest absolute Gasteiger partial charge is 0.251 e. The Balaban J connectivity index is 1.84. The lowest BCUT2D eigenvalue weighted by Crippen LogP contribution is -2.41. The summed E-state index contributed by atoms with van der Waals surface area (Å²) < 4.78 is 0. The van der Waals surface area contributed by atoms with E-state index in [0.29, 0.717) is 16.3 Å². The first-order valence-electron chi connectivity index (χ1n) is 8.41. The molecule has 0 bridgehead atoms. The van der Waals surface area contributed by atoms with Crippen LogP contribution in [0.15, 0.2) is 42.5 Å². The normalized spacial score (nSPS) is 10.2. The highest BCUT2D eigenvalue weighted by atomic mass is 35.5. The number of rotatable bonds is 6. The summed E-state index contributed by atoms with van der Waals surface area (Å²) in [5.74, 6) is -1.08. The summed E-state index contributed by atoms with van der Waals surface area (Å²) in [6.07, 6.45) is 0. The molecule has 7 heteroatoms. The van der Waals surface area contributed by atoms with Crippen molar-refractivity contribution in [2.24, 2.45) is 0 Å². The van der Waals surface area contributed by atoms with Gasteiger partial charge in [0.05, 0.1) is 23.8 Å². The van der Waals surface area contributed by atoms with Crippen molar-refractivity contribution in [3.63, 3.8) is 0 Å². The van der Waals surface area contributed by atoms with E-state index in [-0.39, 0.29) is 30.8 Å². The van der Waals surface area contributed by atoms with Gasteiger partial charge in [-0.2, -0.15) is 0 Å². The van der Waals surface area contributed by atoms with Crippen LogP contribution in [0.4, 0.5) is 5.69 Å². The monoisotopic (exact) mass is 387 g/mol. The fraction of sp³-hybridized carbons (Fsp3) is 0.250. The predicted octanol–water partition coefficient (Wildman–Crippen LogP) is 2.78. The number of halogens is 1. The lowest BCUT2D eigenvalue weighted by atomic mass is 10.1. The van der Waals surface area contributed by atoms with Crippen molar-refractivity contribution in [3.05, 3.63) is 64.2 Å². The summed E-state index contributed by atoms with van der Waals surface area (Å²) in [5, 5.41) is 5.64. The Morgan fingerprint density at radius 3 is 2.41 bits per heavy atom. The van der Waals surface area contributed by atoms with Gasteiger partial charge in [-0.3, -0.25) is 14.4 Å². The third kappa shape index (κ3) is 5.82. The van der Waals surface area contributed by atoms with Crippen LogP contribution < -0.4 is 10.6 Å². The third-order valence-electron chi connectivity index (χ3n) is 4.12. The van der Waals surface area contributed by atoms with Crippen molar-refractivity contribution in [3.8, 4) is 0 Å². The minimum absolute atomic E-state index is 0.149. The van der Waals surface area contributed by atoms with E-state index >= 15 is 0 Å². The first kappa shape index (κ1) is 20.5. The second-order valence-corrected chi connectivity index (χ2v) is 6.67. The number of hydrogen-bond donors (Lipinski definition) is 2. The number of carbonyl (C=O) groups is 3. The summed E-state index contributed by atoms with van der Waals surface area (Å²) in [4.78, 5) is 37.6. The van der Waals surface area contributed by atoms with Gasteiger partial charge in [-0.1, -0.05) is 29.8 Å². The molecule has 0 unspecified atom stereocenters. The van der Waals surface area contributed by atoms with Gasteiger partial charge < -0.3 is 15.5 Å². The molecular weight excluding hydrogens is 366 g/mol. The van der Waals surface area contributed by atoms with Crippen LogP contribution in [0.5, 0.6) is 0 Å². The van der Waals surface area contributed by atoms with Gasteiger partial charge in [0, 0.05) is 12.6 Å². The lowest BCUT2D eigenvalue weighted by Gasteiger charge is -2.17. The molecule has 0 radical (unpaired) electrons. The molecule has 0 fully saturated rings. The van der Waals surface area contributed by atoms with Gasteiger partial charge in [0.1, 0.15) is 0 Å². The van der Waals surface area contributed by atoms with E-state index in [0.717, 1.165) is 11.1 Å². The van der Waals surface area contributed by atoms with Gasteiger partial charge >= 0.3 is 0 Å². The fourth-order valence-corrected chi connectivity index (χ4v) is 2.51. The second kappa shape index (κ2) is 9.19. The molecule has 0 atom stereocenters. The van der Waals surface area contributed by atoms with Crippen LogP contribution in [0.25, 0.3) is 0 Å². The van der Waals surface area contributed by atoms with Crippen molar-refractivity contribution in [2.75, 3.05) is 25.5 Å². The van der Waals surface area contributed by atoms with Gasteiger partial charge in [-0.05, 0) is 49.2 Å². The van der Waals surface area contributed by atoms with E-state index < -0.39 is 0 Å². The molecule has 0 aromatic heterocycles. The minimum atomic E-state index is -0.376. The lowest BCUT2D eigenvalue weighted by molar-refractivity contribution is -0.132. The number of carbonyl (C=O) groups excluding carboxylic acids is 3. The molecule has 2 N–H and O–H groups in total. The first-order chi connectivity index (χ1) is 12.8. The maximum absolute atomic E-state index is 12.2. The summed E-state index contributed by atoms with van der Waals surface area (Å²) in [6.45, 7) is 3.54. The van der Waals surface area contributed by atoms with Gasteiger partial charge in [0.2, 0.25) is 11.8 Å². The number of anilines is 1. The molecule has 3 amide bonds. The first-order valence-corrected chi connectivity index (χ1v) is 8.79. The number of benzene rings is 2. The van der Waals surface area contributed by atoms with Crippen molar-refractivity contribution in [1.82, 2.24) is 10.2 Å². The minimum Gasteiger partial charge on any atom is -0.343 e. The van der Waals surface area contributed by atoms with Crippen LogP contribution in [0, 0.1) is 13.8 Å². The van der Waals surface area contributed by atoms with Gasteiger partial charge in [-0.25, -0.2) is 0 Å². The third-order valence-corrected chi connectivity index (χ3v) is 4.45. The molecule has 0 saturated heterocycles. The van der Waals surface area contributed by atoms with E-state index in [1.165, 1.54) is 11.9 Å². The highest BCUT2D eigenvalue weighted by molar-refractivity contribution is 6.33. The van der Waals surface area contributed by atoms with Crippen LogP contribution in [0.2, 0.25) is 5.02 Å². The zero-order valence-corrected chi connectivity index (χ0v) is 16.3. The quantitative estimate of drug-likeness (QED) is 0.800. The molecule has 2 rings (SSSR count). The molecule has 27 heavy (non-hydrogen) atoms. The van der Waals surface area contributed by atoms with Crippen LogP contribution in [-0.2, 0) is 9.59 Å². The largest absolute Gasteiger partial charge is 0.343 e. The van der Waals surface area contributed by atoms with Gasteiger partial charge in [-0.15, -0.1) is 0 Å². The maximum atomic E-state index is 12.2. The summed E-state index contributed by atoms with van der Waals surface area (Å²) in [5.41, 5.74) is 3.06. The Morgan fingerprint density at radius 2 is 1.74 bits per heavy atom. The summed E-state index contributed by atoms with van der Waals surface area (Å²) in [6, 6.07) is 12.2. The molecular formula is C20H22ClN3O3. The molecule has 0 aliphatic heterocycles.